The van der Waals surface area contributed by atoms with Gasteiger partial charge in [-0.25, -0.2) is 10.1 Å². The van der Waals surface area contributed by atoms with E-state index in [1.165, 1.54) is 0 Å². The highest BCUT2D eigenvalue weighted by atomic mass is 17.1. The van der Waals surface area contributed by atoms with Gasteiger partial charge in [0.2, 0.25) is 12.1 Å². The van der Waals surface area contributed by atoms with Gasteiger partial charge in [-0.3, -0.25) is 4.79 Å². The maximum absolute atomic E-state index is 11.8. The maximum atomic E-state index is 11.8. The third-order valence-corrected chi connectivity index (χ3v) is 5.56. The van der Waals surface area contributed by atoms with Crippen molar-refractivity contribution in [3.05, 3.63) is 0 Å². The van der Waals surface area contributed by atoms with Gasteiger partial charge < -0.3 is 15.2 Å². The molecular formula is C14H23NO5. The third-order valence-electron chi connectivity index (χ3n) is 5.56. The molecule has 2 saturated heterocycles. The summed E-state index contributed by atoms with van der Waals surface area (Å²) in [7, 11) is 0. The van der Waals surface area contributed by atoms with Crippen LogP contribution in [0, 0.1) is 17.8 Å². The molecule has 3 N–H and O–H groups in total. The van der Waals surface area contributed by atoms with E-state index in [9.17, 15) is 4.79 Å². The number of rotatable bonds is 1. The van der Waals surface area contributed by atoms with Crippen LogP contribution in [-0.4, -0.2) is 28.8 Å². The number of carbonyl (C=O) groups excluding carboxylic acids is 1. The average Bonchev–Trinajstić information content (AvgIpc) is 2.51. The standard InChI is InChI=1S/C14H23NO5/c1-8-3-4-9-7-10(16)18-12-11(9)14(8,15)6-5-13(2,19-12)20-17/h8-9,11-12,17H,3-7,15H2,1-2H3/t8-,9+,11?,12?,13-,14-/m1/s1. The lowest BCUT2D eigenvalue weighted by atomic mass is 9.59. The fourth-order valence-corrected chi connectivity index (χ4v) is 4.18. The monoisotopic (exact) mass is 285 g/mol. The first-order valence-electron chi connectivity index (χ1n) is 7.37. The molecule has 0 spiro atoms. The van der Waals surface area contributed by atoms with Gasteiger partial charge in [-0.15, -0.1) is 0 Å². The van der Waals surface area contributed by atoms with Crippen molar-refractivity contribution in [3.63, 3.8) is 0 Å². The zero-order chi connectivity index (χ0) is 14.5. The molecule has 1 aliphatic carbocycles. The second-order valence-corrected chi connectivity index (χ2v) is 6.78. The molecule has 6 nitrogen and oxygen atoms in total. The highest BCUT2D eigenvalue weighted by molar-refractivity contribution is 5.70. The van der Waals surface area contributed by atoms with Crippen LogP contribution in [0.4, 0.5) is 0 Å². The summed E-state index contributed by atoms with van der Waals surface area (Å²) in [6.07, 6.45) is 2.81. The SMILES string of the molecule is C[C@@H]1CC[C@H]2CC(=O)OC3O[C@](C)(OO)CC[C@]1(N)C32. The Kier molecular flexibility index (Phi) is 3.32. The molecular weight excluding hydrogens is 262 g/mol. The lowest BCUT2D eigenvalue weighted by molar-refractivity contribution is -0.425. The van der Waals surface area contributed by atoms with Crippen molar-refractivity contribution in [2.24, 2.45) is 23.5 Å². The van der Waals surface area contributed by atoms with Crippen molar-refractivity contribution in [2.75, 3.05) is 0 Å². The van der Waals surface area contributed by atoms with E-state index >= 15 is 0 Å². The molecule has 3 rings (SSSR count). The summed E-state index contributed by atoms with van der Waals surface area (Å²) in [6.45, 7) is 3.79. The summed E-state index contributed by atoms with van der Waals surface area (Å²) in [5, 5.41) is 9.12. The van der Waals surface area contributed by atoms with E-state index in [0.717, 1.165) is 12.8 Å². The molecule has 3 fully saturated rings. The van der Waals surface area contributed by atoms with Crippen molar-refractivity contribution in [1.82, 2.24) is 0 Å². The van der Waals surface area contributed by atoms with Crippen LogP contribution in [0.25, 0.3) is 0 Å². The first-order valence-corrected chi connectivity index (χ1v) is 7.37. The van der Waals surface area contributed by atoms with Gasteiger partial charge in [0, 0.05) is 24.3 Å². The Morgan fingerprint density at radius 3 is 2.85 bits per heavy atom. The minimum absolute atomic E-state index is 0.0269. The predicted molar refractivity (Wildman–Crippen MR) is 69.2 cm³/mol. The van der Waals surface area contributed by atoms with E-state index in [4.69, 9.17) is 20.5 Å². The predicted octanol–water partition coefficient (Wildman–Crippen LogP) is 1.64. The number of hydrogen-bond acceptors (Lipinski definition) is 6. The van der Waals surface area contributed by atoms with Gasteiger partial charge in [0.25, 0.3) is 0 Å². The first kappa shape index (κ1) is 14.3. The summed E-state index contributed by atoms with van der Waals surface area (Å²) in [5.74, 6) is -0.927. The molecule has 0 aromatic rings. The Hall–Kier alpha value is -0.690. The van der Waals surface area contributed by atoms with Gasteiger partial charge >= 0.3 is 5.97 Å². The van der Waals surface area contributed by atoms with Crippen LogP contribution < -0.4 is 5.73 Å². The van der Waals surface area contributed by atoms with Crippen LogP contribution in [-0.2, 0) is 19.2 Å². The Morgan fingerprint density at radius 1 is 1.40 bits per heavy atom. The summed E-state index contributed by atoms with van der Waals surface area (Å²) < 4.78 is 11.2. The van der Waals surface area contributed by atoms with Crippen molar-refractivity contribution in [1.29, 1.82) is 0 Å². The number of esters is 1. The number of nitrogens with two attached hydrogens (primary N) is 1. The van der Waals surface area contributed by atoms with Gasteiger partial charge in [0.05, 0.1) is 0 Å². The topological polar surface area (TPSA) is 91.0 Å². The van der Waals surface area contributed by atoms with Gasteiger partial charge in [-0.05, 0) is 38.0 Å². The Morgan fingerprint density at radius 2 is 2.15 bits per heavy atom. The number of ether oxygens (including phenoxy) is 2. The second kappa shape index (κ2) is 4.66. The van der Waals surface area contributed by atoms with Crippen molar-refractivity contribution in [3.8, 4) is 0 Å². The molecule has 0 bridgehead atoms. The van der Waals surface area contributed by atoms with Crippen LogP contribution in [0.15, 0.2) is 0 Å². The summed E-state index contributed by atoms with van der Waals surface area (Å²) in [5.41, 5.74) is 6.27. The van der Waals surface area contributed by atoms with Crippen molar-refractivity contribution < 1.29 is 24.4 Å². The lowest BCUT2D eigenvalue weighted by Gasteiger charge is -2.52. The maximum Gasteiger partial charge on any atom is 0.308 e. The number of hydrogen-bond donors (Lipinski definition) is 2. The molecule has 6 heteroatoms. The van der Waals surface area contributed by atoms with E-state index in [-0.39, 0.29) is 17.8 Å². The molecule has 0 aromatic carbocycles. The van der Waals surface area contributed by atoms with E-state index in [2.05, 4.69) is 11.8 Å². The molecule has 1 saturated carbocycles. The molecule has 114 valence electrons. The highest BCUT2D eigenvalue weighted by Crippen LogP contribution is 2.52. The molecule has 0 radical (unpaired) electrons. The smallest absolute Gasteiger partial charge is 0.308 e. The molecule has 0 aromatic heterocycles. The van der Waals surface area contributed by atoms with Gasteiger partial charge in [0.1, 0.15) is 0 Å². The van der Waals surface area contributed by atoms with Crippen LogP contribution >= 0.6 is 0 Å². The van der Waals surface area contributed by atoms with Crippen LogP contribution in [0.1, 0.15) is 46.0 Å². The van der Waals surface area contributed by atoms with E-state index in [0.29, 0.717) is 25.2 Å². The van der Waals surface area contributed by atoms with Gasteiger partial charge in [-0.2, -0.15) is 0 Å². The Balaban J connectivity index is 1.99. The van der Waals surface area contributed by atoms with Crippen molar-refractivity contribution in [2.45, 2.75) is 63.6 Å². The largest absolute Gasteiger partial charge is 0.435 e. The van der Waals surface area contributed by atoms with Gasteiger partial charge in [0.15, 0.2) is 0 Å². The summed E-state index contributed by atoms with van der Waals surface area (Å²) >= 11 is 0. The fraction of sp³-hybridized carbons (Fsp3) is 0.929. The average molecular weight is 285 g/mol. The molecule has 2 unspecified atom stereocenters. The fourth-order valence-electron chi connectivity index (χ4n) is 4.18. The summed E-state index contributed by atoms with van der Waals surface area (Å²) in [4.78, 5) is 16.3. The zero-order valence-corrected chi connectivity index (χ0v) is 12.0. The second-order valence-electron chi connectivity index (χ2n) is 6.78. The number of carbonyl (C=O) groups is 1. The van der Waals surface area contributed by atoms with E-state index < -0.39 is 17.6 Å². The first-order chi connectivity index (χ1) is 9.38. The van der Waals surface area contributed by atoms with E-state index in [1.807, 2.05) is 0 Å². The third kappa shape index (κ3) is 2.06. The quantitative estimate of drug-likeness (QED) is 0.432. The highest BCUT2D eigenvalue weighted by Gasteiger charge is 2.58. The minimum atomic E-state index is -1.17. The molecule has 2 heterocycles. The van der Waals surface area contributed by atoms with Crippen LogP contribution in [0.5, 0.6) is 0 Å². The normalized spacial score (nSPS) is 51.9. The van der Waals surface area contributed by atoms with Gasteiger partial charge in [-0.1, -0.05) is 6.92 Å². The molecule has 3 aliphatic rings. The zero-order valence-electron chi connectivity index (χ0n) is 12.0. The minimum Gasteiger partial charge on any atom is -0.435 e. The molecule has 20 heavy (non-hydrogen) atoms. The van der Waals surface area contributed by atoms with Crippen LogP contribution in [0.3, 0.4) is 0 Å². The molecule has 0 amide bonds. The van der Waals surface area contributed by atoms with Crippen LogP contribution in [0.2, 0.25) is 0 Å². The molecule has 6 atom stereocenters. The lowest BCUT2D eigenvalue weighted by Crippen LogP contribution is -2.63. The summed E-state index contributed by atoms with van der Waals surface area (Å²) in [6, 6.07) is 0. The molecule has 2 aliphatic heterocycles. The Bertz CT molecular complexity index is 416. The Labute approximate surface area is 118 Å². The van der Waals surface area contributed by atoms with Crippen molar-refractivity contribution >= 4 is 5.97 Å². The van der Waals surface area contributed by atoms with E-state index in [1.54, 1.807) is 6.92 Å².